The van der Waals surface area contributed by atoms with E-state index >= 15 is 0 Å². The minimum atomic E-state index is -0.788. The smallest absolute Gasteiger partial charge is 0.320 e. The minimum Gasteiger partial charge on any atom is -0.497 e. The summed E-state index contributed by atoms with van der Waals surface area (Å²) in [5, 5.41) is 9.70. The third-order valence-corrected chi connectivity index (χ3v) is 5.30. The Kier molecular flexibility index (Phi) is 5.84. The van der Waals surface area contributed by atoms with Gasteiger partial charge in [0.15, 0.2) is 0 Å². The lowest BCUT2D eigenvalue weighted by atomic mass is 9.95. The highest BCUT2D eigenvalue weighted by molar-refractivity contribution is 9.10. The van der Waals surface area contributed by atoms with Crippen LogP contribution in [0, 0.1) is 0 Å². The summed E-state index contributed by atoms with van der Waals surface area (Å²) in [4.78, 5) is 13.9. The molecule has 138 valence electrons. The Balaban J connectivity index is 2.17. The van der Waals surface area contributed by atoms with Gasteiger partial charge in [0.2, 0.25) is 0 Å². The van der Waals surface area contributed by atoms with Crippen LogP contribution in [0.2, 0.25) is 0 Å². The molecule has 26 heavy (non-hydrogen) atoms. The number of benzene rings is 2. The van der Waals surface area contributed by atoms with Gasteiger partial charge in [0.05, 0.1) is 20.3 Å². The van der Waals surface area contributed by atoms with Gasteiger partial charge in [-0.3, -0.25) is 9.69 Å². The van der Waals surface area contributed by atoms with Gasteiger partial charge in [-0.15, -0.1) is 0 Å². The molecule has 0 amide bonds. The van der Waals surface area contributed by atoms with Crippen molar-refractivity contribution >= 4 is 21.9 Å². The molecule has 0 aromatic heterocycles. The zero-order valence-corrected chi connectivity index (χ0v) is 16.4. The number of aliphatic carboxylic acids is 1. The van der Waals surface area contributed by atoms with Crippen molar-refractivity contribution in [2.24, 2.45) is 0 Å². The Morgan fingerprint density at radius 3 is 2.69 bits per heavy atom. The summed E-state index contributed by atoms with van der Waals surface area (Å²) in [5.74, 6) is 0.642. The Bertz CT molecular complexity index is 795. The van der Waals surface area contributed by atoms with E-state index in [2.05, 4.69) is 15.9 Å². The standard InChI is InChI=1S/C20H22BrNO4/c1-25-15-8-9-18(26-2)16(12-15)19(13-5-3-6-14(21)11-13)22-10-4-7-17(22)20(23)24/h3,5-6,8-9,11-12,17,19H,4,7,10H2,1-2H3,(H,23,24). The van der Waals surface area contributed by atoms with Gasteiger partial charge in [-0.25, -0.2) is 0 Å². The molecule has 2 aromatic rings. The van der Waals surface area contributed by atoms with Crippen LogP contribution in [0.5, 0.6) is 11.5 Å². The molecule has 1 heterocycles. The number of carboxylic acid groups (broad SMARTS) is 1. The van der Waals surface area contributed by atoms with Crippen molar-refractivity contribution in [3.8, 4) is 11.5 Å². The first-order valence-corrected chi connectivity index (χ1v) is 9.30. The van der Waals surface area contributed by atoms with Crippen molar-refractivity contribution in [1.29, 1.82) is 0 Å². The maximum atomic E-state index is 11.8. The highest BCUT2D eigenvalue weighted by atomic mass is 79.9. The van der Waals surface area contributed by atoms with E-state index in [1.54, 1.807) is 14.2 Å². The molecule has 3 rings (SSSR count). The van der Waals surface area contributed by atoms with Gasteiger partial charge in [0, 0.05) is 16.6 Å². The van der Waals surface area contributed by atoms with Crippen molar-refractivity contribution in [1.82, 2.24) is 4.90 Å². The number of nitrogens with zero attached hydrogens (tertiary/aromatic N) is 1. The number of hydrogen-bond acceptors (Lipinski definition) is 4. The van der Waals surface area contributed by atoms with E-state index in [-0.39, 0.29) is 6.04 Å². The van der Waals surface area contributed by atoms with Crippen molar-refractivity contribution in [3.63, 3.8) is 0 Å². The second-order valence-electron chi connectivity index (χ2n) is 6.30. The lowest BCUT2D eigenvalue weighted by Gasteiger charge is -2.33. The minimum absolute atomic E-state index is 0.235. The Morgan fingerprint density at radius 2 is 2.04 bits per heavy atom. The fourth-order valence-electron chi connectivity index (χ4n) is 3.64. The van der Waals surface area contributed by atoms with Crippen molar-refractivity contribution in [2.75, 3.05) is 20.8 Å². The first-order chi connectivity index (χ1) is 12.5. The molecule has 0 bridgehead atoms. The van der Waals surface area contributed by atoms with E-state index in [9.17, 15) is 9.90 Å². The van der Waals surface area contributed by atoms with E-state index in [4.69, 9.17) is 9.47 Å². The predicted molar refractivity (Wildman–Crippen MR) is 103 cm³/mol. The highest BCUT2D eigenvalue weighted by Gasteiger charge is 2.38. The maximum Gasteiger partial charge on any atom is 0.320 e. The molecule has 1 N–H and O–H groups in total. The molecule has 0 spiro atoms. The molecule has 1 aliphatic rings. The summed E-state index contributed by atoms with van der Waals surface area (Å²) >= 11 is 3.53. The van der Waals surface area contributed by atoms with Gasteiger partial charge in [-0.05, 0) is 48.7 Å². The zero-order chi connectivity index (χ0) is 18.7. The fraction of sp³-hybridized carbons (Fsp3) is 0.350. The largest absolute Gasteiger partial charge is 0.497 e. The van der Waals surface area contributed by atoms with E-state index in [0.717, 1.165) is 22.0 Å². The summed E-state index contributed by atoms with van der Waals surface area (Å²) in [6, 6.07) is 12.9. The predicted octanol–water partition coefficient (Wildman–Crippen LogP) is 4.10. The average molecular weight is 420 g/mol. The molecule has 1 aliphatic heterocycles. The summed E-state index contributed by atoms with van der Waals surface area (Å²) in [6.45, 7) is 0.717. The molecule has 1 fully saturated rings. The third-order valence-electron chi connectivity index (χ3n) is 4.81. The molecule has 2 aromatic carbocycles. The van der Waals surface area contributed by atoms with Gasteiger partial charge in [0.1, 0.15) is 17.5 Å². The van der Waals surface area contributed by atoms with Crippen molar-refractivity contribution < 1.29 is 19.4 Å². The van der Waals surface area contributed by atoms with E-state index < -0.39 is 12.0 Å². The maximum absolute atomic E-state index is 11.8. The zero-order valence-electron chi connectivity index (χ0n) is 14.8. The summed E-state index contributed by atoms with van der Waals surface area (Å²) in [7, 11) is 3.25. The lowest BCUT2D eigenvalue weighted by molar-refractivity contribution is -0.142. The van der Waals surface area contributed by atoms with Crippen LogP contribution in [-0.2, 0) is 4.79 Å². The molecule has 6 heteroatoms. The van der Waals surface area contributed by atoms with E-state index in [0.29, 0.717) is 24.5 Å². The second kappa shape index (κ2) is 8.10. The van der Waals surface area contributed by atoms with Gasteiger partial charge < -0.3 is 14.6 Å². The van der Waals surface area contributed by atoms with Gasteiger partial charge in [-0.2, -0.15) is 0 Å². The summed E-state index contributed by atoms with van der Waals surface area (Å²) in [6.07, 6.45) is 1.50. The molecular weight excluding hydrogens is 398 g/mol. The van der Waals surface area contributed by atoms with Gasteiger partial charge in [0.25, 0.3) is 0 Å². The normalized spacial score (nSPS) is 18.5. The molecule has 0 radical (unpaired) electrons. The number of rotatable bonds is 6. The molecule has 5 nitrogen and oxygen atoms in total. The first-order valence-electron chi connectivity index (χ1n) is 8.51. The molecule has 0 aliphatic carbocycles. The van der Waals surface area contributed by atoms with E-state index in [1.165, 1.54) is 0 Å². The summed E-state index contributed by atoms with van der Waals surface area (Å²) in [5.41, 5.74) is 1.91. The van der Waals surface area contributed by atoms with Crippen LogP contribution in [0.4, 0.5) is 0 Å². The van der Waals surface area contributed by atoms with Crippen LogP contribution in [0.1, 0.15) is 30.0 Å². The van der Waals surface area contributed by atoms with Crippen LogP contribution in [0.15, 0.2) is 46.9 Å². The third kappa shape index (κ3) is 3.71. The number of halogens is 1. The fourth-order valence-corrected chi connectivity index (χ4v) is 4.06. The van der Waals surface area contributed by atoms with Gasteiger partial charge >= 0.3 is 5.97 Å². The molecule has 1 saturated heterocycles. The number of likely N-dealkylation sites (tertiary alicyclic amines) is 1. The van der Waals surface area contributed by atoms with Gasteiger partial charge in [-0.1, -0.05) is 28.1 Å². The molecular formula is C20H22BrNO4. The van der Waals surface area contributed by atoms with Crippen molar-refractivity contribution in [3.05, 3.63) is 58.1 Å². The molecule has 2 atom stereocenters. The monoisotopic (exact) mass is 419 g/mol. The van der Waals surface area contributed by atoms with Crippen LogP contribution in [0.3, 0.4) is 0 Å². The number of carboxylic acids is 1. The topological polar surface area (TPSA) is 59.0 Å². The highest BCUT2D eigenvalue weighted by Crippen LogP contribution is 2.41. The van der Waals surface area contributed by atoms with E-state index in [1.807, 2.05) is 47.4 Å². The quantitative estimate of drug-likeness (QED) is 0.763. The Morgan fingerprint density at radius 1 is 1.23 bits per heavy atom. The Hall–Kier alpha value is -2.05. The van der Waals surface area contributed by atoms with Crippen LogP contribution in [-0.4, -0.2) is 42.8 Å². The van der Waals surface area contributed by atoms with Crippen LogP contribution >= 0.6 is 15.9 Å². The first kappa shape index (κ1) is 18.7. The second-order valence-corrected chi connectivity index (χ2v) is 7.22. The summed E-state index contributed by atoms with van der Waals surface area (Å²) < 4.78 is 11.9. The average Bonchev–Trinajstić information content (AvgIpc) is 3.11. The number of ether oxygens (including phenoxy) is 2. The molecule has 0 saturated carbocycles. The van der Waals surface area contributed by atoms with Crippen molar-refractivity contribution in [2.45, 2.75) is 24.9 Å². The number of hydrogen-bond donors (Lipinski definition) is 1. The number of methoxy groups -OCH3 is 2. The van der Waals surface area contributed by atoms with Crippen LogP contribution in [0.25, 0.3) is 0 Å². The lowest BCUT2D eigenvalue weighted by Crippen LogP contribution is -2.39. The molecule has 2 unspecified atom stereocenters. The Labute approximate surface area is 161 Å². The van der Waals surface area contributed by atoms with Crippen LogP contribution < -0.4 is 9.47 Å². The number of carbonyl (C=O) groups is 1. The SMILES string of the molecule is COc1ccc(OC)c(C(c2cccc(Br)c2)N2CCCC2C(=O)O)c1.